The summed E-state index contributed by atoms with van der Waals surface area (Å²) in [4.78, 5) is 24.9. The molecule has 0 radical (unpaired) electrons. The van der Waals surface area contributed by atoms with E-state index in [1.807, 2.05) is 60.7 Å². The Balaban J connectivity index is 1.63. The number of carbonyl (C=O) groups excluding carboxylic acids is 1. The lowest BCUT2D eigenvalue weighted by molar-refractivity contribution is 0.0982. The van der Waals surface area contributed by atoms with Crippen LogP contribution >= 0.6 is 11.3 Å². The van der Waals surface area contributed by atoms with Gasteiger partial charge < -0.3 is 4.74 Å². The minimum Gasteiger partial charge on any atom is -0.496 e. The van der Waals surface area contributed by atoms with Crippen LogP contribution in [0.4, 0.5) is 5.13 Å². The second-order valence-corrected chi connectivity index (χ2v) is 8.77. The Morgan fingerprint density at radius 3 is 2.52 bits per heavy atom. The topological polar surface area (TPSA) is 55.3 Å². The molecule has 0 atom stereocenters. The average molecular weight is 454 g/mol. The van der Waals surface area contributed by atoms with E-state index in [1.54, 1.807) is 18.2 Å². The summed E-state index contributed by atoms with van der Waals surface area (Å²) in [5.41, 5.74) is 3.42. The summed E-state index contributed by atoms with van der Waals surface area (Å²) in [5.74, 6) is 0.372. The maximum absolute atomic E-state index is 14.0. The number of rotatable bonds is 6. The highest BCUT2D eigenvalue weighted by molar-refractivity contribution is 7.22. The standard InChI is InChI=1S/C27H23N3O2S/c1-3-18-11-12-23-25(14-18)33-27(29-23)30(17-21-10-6-7-13-28-21)26(31)22-15-19-8-4-5-9-20(19)16-24(22)32-2/h4-16H,3,17H2,1-2H3. The van der Waals surface area contributed by atoms with Gasteiger partial charge in [0.2, 0.25) is 0 Å². The monoisotopic (exact) mass is 453 g/mol. The van der Waals surface area contributed by atoms with E-state index in [4.69, 9.17) is 9.72 Å². The molecule has 33 heavy (non-hydrogen) atoms. The van der Waals surface area contributed by atoms with Crippen molar-refractivity contribution >= 4 is 43.4 Å². The first-order valence-corrected chi connectivity index (χ1v) is 11.7. The zero-order valence-corrected chi connectivity index (χ0v) is 19.3. The molecule has 0 N–H and O–H groups in total. The van der Waals surface area contributed by atoms with Crippen LogP contribution in [0.3, 0.4) is 0 Å². The van der Waals surface area contributed by atoms with Crippen LogP contribution in [0, 0.1) is 0 Å². The molecule has 0 unspecified atom stereocenters. The van der Waals surface area contributed by atoms with Crippen molar-refractivity contribution < 1.29 is 9.53 Å². The van der Waals surface area contributed by atoms with Crippen LogP contribution in [0.1, 0.15) is 28.5 Å². The Morgan fingerprint density at radius 2 is 1.79 bits per heavy atom. The lowest BCUT2D eigenvalue weighted by Crippen LogP contribution is -2.31. The number of benzene rings is 3. The first kappa shape index (κ1) is 21.1. The molecule has 0 aliphatic heterocycles. The number of ether oxygens (including phenoxy) is 1. The van der Waals surface area contributed by atoms with Crippen LogP contribution in [-0.2, 0) is 13.0 Å². The molecule has 3 aromatic carbocycles. The molecule has 0 saturated heterocycles. The number of carbonyl (C=O) groups is 1. The van der Waals surface area contributed by atoms with E-state index in [9.17, 15) is 4.79 Å². The van der Waals surface area contributed by atoms with Gasteiger partial charge in [-0.25, -0.2) is 4.98 Å². The molecule has 0 fully saturated rings. The summed E-state index contributed by atoms with van der Waals surface area (Å²) in [5, 5.41) is 2.65. The highest BCUT2D eigenvalue weighted by Gasteiger charge is 2.25. The second kappa shape index (κ2) is 9.00. The normalized spacial score (nSPS) is 11.1. The van der Waals surface area contributed by atoms with Crippen LogP contribution in [0.15, 0.2) is 79.0 Å². The van der Waals surface area contributed by atoms with Gasteiger partial charge >= 0.3 is 0 Å². The molecule has 0 aliphatic rings. The number of amides is 1. The van der Waals surface area contributed by atoms with Gasteiger partial charge in [0.1, 0.15) is 5.75 Å². The van der Waals surface area contributed by atoms with Crippen molar-refractivity contribution in [3.8, 4) is 5.75 Å². The Morgan fingerprint density at radius 1 is 1.00 bits per heavy atom. The van der Waals surface area contributed by atoms with Crippen molar-refractivity contribution in [1.29, 1.82) is 0 Å². The molecule has 5 rings (SSSR count). The number of fused-ring (bicyclic) bond motifs is 2. The van der Waals surface area contributed by atoms with E-state index >= 15 is 0 Å². The first-order chi connectivity index (χ1) is 16.2. The van der Waals surface area contributed by atoms with Crippen molar-refractivity contribution in [2.75, 3.05) is 12.0 Å². The van der Waals surface area contributed by atoms with Crippen molar-refractivity contribution in [3.05, 3.63) is 95.8 Å². The molecule has 5 nitrogen and oxygen atoms in total. The fraction of sp³-hybridized carbons (Fsp3) is 0.148. The number of methoxy groups -OCH3 is 1. The first-order valence-electron chi connectivity index (χ1n) is 10.8. The van der Waals surface area contributed by atoms with Gasteiger partial charge in [-0.15, -0.1) is 0 Å². The Bertz CT molecular complexity index is 1450. The third-order valence-corrected chi connectivity index (χ3v) is 6.71. The molecule has 0 spiro atoms. The third kappa shape index (κ3) is 4.17. The van der Waals surface area contributed by atoms with Crippen LogP contribution in [0.5, 0.6) is 5.75 Å². The molecular formula is C27H23N3O2S. The summed E-state index contributed by atoms with van der Waals surface area (Å²) < 4.78 is 6.68. The number of nitrogens with zero attached hydrogens (tertiary/aromatic N) is 3. The van der Waals surface area contributed by atoms with E-state index in [2.05, 4.69) is 24.0 Å². The zero-order chi connectivity index (χ0) is 22.8. The minimum atomic E-state index is -0.168. The molecule has 5 aromatic rings. The predicted octanol–water partition coefficient (Wildman–Crippen LogP) is 6.26. The van der Waals surface area contributed by atoms with E-state index in [1.165, 1.54) is 16.9 Å². The van der Waals surface area contributed by atoms with Crippen LogP contribution < -0.4 is 9.64 Å². The SMILES string of the molecule is CCc1ccc2nc(N(Cc3ccccn3)C(=O)c3cc4ccccc4cc3OC)sc2c1. The molecule has 1 amide bonds. The molecular weight excluding hydrogens is 430 g/mol. The minimum absolute atomic E-state index is 0.168. The number of hydrogen-bond donors (Lipinski definition) is 0. The molecule has 0 aliphatic carbocycles. The highest BCUT2D eigenvalue weighted by Crippen LogP contribution is 2.34. The highest BCUT2D eigenvalue weighted by atomic mass is 32.1. The molecule has 2 heterocycles. The molecule has 0 saturated carbocycles. The Labute approximate surface area is 196 Å². The van der Waals surface area contributed by atoms with E-state index in [0.717, 1.165) is 33.1 Å². The number of pyridine rings is 1. The molecule has 0 bridgehead atoms. The second-order valence-electron chi connectivity index (χ2n) is 7.76. The molecule has 6 heteroatoms. The smallest absolute Gasteiger partial charge is 0.264 e. The van der Waals surface area contributed by atoms with Gasteiger partial charge in [-0.3, -0.25) is 14.7 Å². The van der Waals surface area contributed by atoms with Crippen molar-refractivity contribution in [2.45, 2.75) is 19.9 Å². The maximum Gasteiger partial charge on any atom is 0.264 e. The van der Waals surface area contributed by atoms with Crippen LogP contribution in [-0.4, -0.2) is 23.0 Å². The summed E-state index contributed by atoms with van der Waals surface area (Å²) in [6.07, 6.45) is 2.69. The van der Waals surface area contributed by atoms with Gasteiger partial charge in [-0.1, -0.05) is 54.7 Å². The quantitative estimate of drug-likeness (QED) is 0.304. The Hall–Kier alpha value is -3.77. The average Bonchev–Trinajstić information content (AvgIpc) is 3.29. The van der Waals surface area contributed by atoms with Gasteiger partial charge in [-0.05, 0) is 59.2 Å². The van der Waals surface area contributed by atoms with Gasteiger partial charge in [0, 0.05) is 6.20 Å². The van der Waals surface area contributed by atoms with Crippen LogP contribution in [0.25, 0.3) is 21.0 Å². The van der Waals surface area contributed by atoms with Crippen LogP contribution in [0.2, 0.25) is 0 Å². The lowest BCUT2D eigenvalue weighted by Gasteiger charge is -2.21. The number of hydrogen-bond acceptors (Lipinski definition) is 5. The molecule has 2 aromatic heterocycles. The van der Waals surface area contributed by atoms with Gasteiger partial charge in [0.25, 0.3) is 5.91 Å². The largest absolute Gasteiger partial charge is 0.496 e. The third-order valence-electron chi connectivity index (χ3n) is 5.67. The number of anilines is 1. The summed E-state index contributed by atoms with van der Waals surface area (Å²) >= 11 is 1.52. The van der Waals surface area contributed by atoms with Gasteiger partial charge in [0.15, 0.2) is 5.13 Å². The zero-order valence-electron chi connectivity index (χ0n) is 18.5. The van der Waals surface area contributed by atoms with E-state index < -0.39 is 0 Å². The lowest BCUT2D eigenvalue weighted by atomic mass is 10.0. The van der Waals surface area contributed by atoms with Crippen molar-refractivity contribution in [2.24, 2.45) is 0 Å². The Kier molecular flexibility index (Phi) is 5.75. The number of thiazole rings is 1. The fourth-order valence-electron chi connectivity index (χ4n) is 3.87. The van der Waals surface area contributed by atoms with Gasteiger partial charge in [0.05, 0.1) is 35.1 Å². The van der Waals surface area contributed by atoms with E-state index in [-0.39, 0.29) is 5.91 Å². The summed E-state index contributed by atoms with van der Waals surface area (Å²) in [7, 11) is 1.59. The van der Waals surface area contributed by atoms with Crippen molar-refractivity contribution in [1.82, 2.24) is 9.97 Å². The summed E-state index contributed by atoms with van der Waals surface area (Å²) in [6.45, 7) is 2.45. The number of aromatic nitrogens is 2. The van der Waals surface area contributed by atoms with E-state index in [0.29, 0.717) is 23.0 Å². The van der Waals surface area contributed by atoms with Gasteiger partial charge in [-0.2, -0.15) is 0 Å². The number of aryl methyl sites for hydroxylation is 1. The summed E-state index contributed by atoms with van der Waals surface area (Å²) in [6, 6.07) is 23.7. The fourth-order valence-corrected chi connectivity index (χ4v) is 4.90. The van der Waals surface area contributed by atoms with Crippen molar-refractivity contribution in [3.63, 3.8) is 0 Å². The predicted molar refractivity (Wildman–Crippen MR) is 134 cm³/mol. The molecule has 164 valence electrons. The maximum atomic E-state index is 14.0.